The van der Waals surface area contributed by atoms with Crippen LogP contribution in [0.25, 0.3) is 88.8 Å². The summed E-state index contributed by atoms with van der Waals surface area (Å²) >= 11 is 0. The fraction of sp³-hybridized carbons (Fsp3) is 0. The number of hydrogen-bond donors (Lipinski definition) is 0. The Morgan fingerprint density at radius 1 is 0.400 bits per heavy atom. The zero-order chi connectivity index (χ0) is 33.0. The fourth-order valence-corrected chi connectivity index (χ4v) is 7.40. The summed E-state index contributed by atoms with van der Waals surface area (Å²) in [6, 6.07) is 62.1. The fourth-order valence-electron chi connectivity index (χ4n) is 7.40. The number of aromatic nitrogens is 4. The lowest BCUT2D eigenvalue weighted by Gasteiger charge is -2.12. The number of nitrogens with zero attached hydrogens (tertiary/aromatic N) is 4. The molecule has 0 saturated carbocycles. The first kappa shape index (κ1) is 28.3. The summed E-state index contributed by atoms with van der Waals surface area (Å²) in [5.41, 5.74) is 12.1. The zero-order valence-electron chi connectivity index (χ0n) is 27.1. The van der Waals surface area contributed by atoms with Crippen molar-refractivity contribution in [1.82, 2.24) is 19.1 Å². The molecule has 0 unspecified atom stereocenters. The van der Waals surface area contributed by atoms with Gasteiger partial charge in [0.1, 0.15) is 0 Å². The number of rotatable bonds is 5. The molecule has 0 N–H and O–H groups in total. The first-order valence-electron chi connectivity index (χ1n) is 16.9. The van der Waals surface area contributed by atoms with Gasteiger partial charge in [0.25, 0.3) is 0 Å². The van der Waals surface area contributed by atoms with Crippen LogP contribution in [0.4, 0.5) is 0 Å². The van der Waals surface area contributed by atoms with E-state index >= 15 is 0 Å². The van der Waals surface area contributed by atoms with Gasteiger partial charge in [0.15, 0.2) is 5.82 Å². The predicted molar refractivity (Wildman–Crippen MR) is 207 cm³/mol. The van der Waals surface area contributed by atoms with Crippen LogP contribution in [0.1, 0.15) is 0 Å². The molecule has 0 aliphatic rings. The summed E-state index contributed by atoms with van der Waals surface area (Å²) in [6.07, 6.45) is 2.18. The lowest BCUT2D eigenvalue weighted by Crippen LogP contribution is -1.97. The first-order valence-corrected chi connectivity index (χ1v) is 16.9. The molecule has 0 radical (unpaired) electrons. The van der Waals surface area contributed by atoms with Gasteiger partial charge in [-0.2, -0.15) is 0 Å². The van der Waals surface area contributed by atoms with Gasteiger partial charge in [-0.05, 0) is 71.8 Å². The van der Waals surface area contributed by atoms with Crippen molar-refractivity contribution in [3.63, 3.8) is 0 Å². The minimum atomic E-state index is 0.710. The maximum Gasteiger partial charge on any atom is 0.160 e. The van der Waals surface area contributed by atoms with Crippen LogP contribution in [0.5, 0.6) is 0 Å². The van der Waals surface area contributed by atoms with Crippen LogP contribution in [0.3, 0.4) is 0 Å². The minimum Gasteiger partial charge on any atom is -0.316 e. The van der Waals surface area contributed by atoms with Crippen molar-refractivity contribution in [2.45, 2.75) is 0 Å². The highest BCUT2D eigenvalue weighted by atomic mass is 15.0. The van der Waals surface area contributed by atoms with Crippen molar-refractivity contribution in [1.29, 1.82) is 0 Å². The molecule has 7 aromatic carbocycles. The van der Waals surface area contributed by atoms with E-state index in [0.29, 0.717) is 5.82 Å². The van der Waals surface area contributed by atoms with Crippen molar-refractivity contribution < 1.29 is 0 Å². The highest BCUT2D eigenvalue weighted by Gasteiger charge is 2.18. The third-order valence-electron chi connectivity index (χ3n) is 9.77. The Morgan fingerprint density at radius 3 is 1.84 bits per heavy atom. The SMILES string of the molecule is c1ccc(-c2ccc(-c3nc(-c4ccc(-n5c6ccccc6c6c7c(ccc65)ccn7-c5ccccc5)cc4)nc4ccccc34)cc2)cc1. The van der Waals surface area contributed by atoms with E-state index in [2.05, 4.69) is 179 Å². The predicted octanol–water partition coefficient (Wildman–Crippen LogP) is 11.7. The molecule has 50 heavy (non-hydrogen) atoms. The van der Waals surface area contributed by atoms with Crippen LogP contribution >= 0.6 is 0 Å². The van der Waals surface area contributed by atoms with E-state index < -0.39 is 0 Å². The molecule has 4 heteroatoms. The van der Waals surface area contributed by atoms with Crippen molar-refractivity contribution in [2.75, 3.05) is 0 Å². The number of hydrogen-bond acceptors (Lipinski definition) is 2. The molecule has 0 aliphatic carbocycles. The summed E-state index contributed by atoms with van der Waals surface area (Å²) in [6.45, 7) is 0. The normalized spacial score (nSPS) is 11.6. The van der Waals surface area contributed by atoms with E-state index in [0.717, 1.165) is 39.1 Å². The average Bonchev–Trinajstić information content (AvgIpc) is 3.78. The monoisotopic (exact) mass is 638 g/mol. The van der Waals surface area contributed by atoms with E-state index in [1.165, 1.54) is 43.8 Å². The third-order valence-corrected chi connectivity index (χ3v) is 9.77. The summed E-state index contributed by atoms with van der Waals surface area (Å²) in [7, 11) is 0. The second-order valence-corrected chi connectivity index (χ2v) is 12.7. The average molecular weight is 639 g/mol. The van der Waals surface area contributed by atoms with Crippen LogP contribution in [0.15, 0.2) is 182 Å². The molecule has 0 atom stereocenters. The molecule has 0 fully saturated rings. The van der Waals surface area contributed by atoms with E-state index in [4.69, 9.17) is 9.97 Å². The van der Waals surface area contributed by atoms with Crippen LogP contribution in [-0.2, 0) is 0 Å². The first-order chi connectivity index (χ1) is 24.8. The number of benzene rings is 7. The molecule has 10 aromatic rings. The van der Waals surface area contributed by atoms with Gasteiger partial charge < -0.3 is 9.13 Å². The molecule has 0 spiro atoms. The highest BCUT2D eigenvalue weighted by molar-refractivity contribution is 6.20. The molecule has 3 aromatic heterocycles. The van der Waals surface area contributed by atoms with E-state index in [1.54, 1.807) is 0 Å². The van der Waals surface area contributed by atoms with Gasteiger partial charge in [0, 0.05) is 50.2 Å². The largest absolute Gasteiger partial charge is 0.316 e. The molecule has 0 bridgehead atoms. The smallest absolute Gasteiger partial charge is 0.160 e. The van der Waals surface area contributed by atoms with Crippen LogP contribution < -0.4 is 0 Å². The van der Waals surface area contributed by atoms with Gasteiger partial charge in [-0.3, -0.25) is 0 Å². The number of para-hydroxylation sites is 3. The Bertz CT molecular complexity index is 2830. The standard InChI is InChI=1S/C46H30N4/c1-3-11-31(12-4-1)32-19-21-33(22-20-32)44-38-15-7-9-17-40(38)47-46(48-44)35-23-26-37(27-24-35)50-41-18-10-8-16-39(41)43-42(50)28-25-34-29-30-49(45(34)43)36-13-5-2-6-14-36/h1-30H. The molecule has 3 heterocycles. The summed E-state index contributed by atoms with van der Waals surface area (Å²) in [5.74, 6) is 0.710. The van der Waals surface area contributed by atoms with Gasteiger partial charge in [-0.1, -0.05) is 115 Å². The van der Waals surface area contributed by atoms with Gasteiger partial charge in [0.05, 0.1) is 27.8 Å². The summed E-state index contributed by atoms with van der Waals surface area (Å²) < 4.78 is 4.68. The van der Waals surface area contributed by atoms with Gasteiger partial charge in [-0.15, -0.1) is 0 Å². The quantitative estimate of drug-likeness (QED) is 0.188. The molecular formula is C46H30N4. The van der Waals surface area contributed by atoms with Gasteiger partial charge in [0.2, 0.25) is 0 Å². The van der Waals surface area contributed by atoms with Crippen LogP contribution in [0, 0.1) is 0 Å². The highest BCUT2D eigenvalue weighted by Crippen LogP contribution is 2.39. The second kappa shape index (κ2) is 11.4. The lowest BCUT2D eigenvalue weighted by atomic mass is 10.0. The maximum absolute atomic E-state index is 5.18. The Hall–Kier alpha value is -6.78. The van der Waals surface area contributed by atoms with Crippen LogP contribution in [-0.4, -0.2) is 19.1 Å². The molecule has 0 amide bonds. The van der Waals surface area contributed by atoms with Crippen molar-refractivity contribution in [3.8, 4) is 45.1 Å². The van der Waals surface area contributed by atoms with Crippen LogP contribution in [0.2, 0.25) is 0 Å². The minimum absolute atomic E-state index is 0.710. The molecule has 0 aliphatic heterocycles. The summed E-state index contributed by atoms with van der Waals surface area (Å²) in [4.78, 5) is 10.2. The molecular weight excluding hydrogens is 609 g/mol. The Balaban J connectivity index is 1.09. The van der Waals surface area contributed by atoms with E-state index in [9.17, 15) is 0 Å². The molecule has 234 valence electrons. The Kier molecular flexibility index (Phi) is 6.46. The Labute approximate surface area is 289 Å². The lowest BCUT2D eigenvalue weighted by molar-refractivity contribution is 1.13. The van der Waals surface area contributed by atoms with Gasteiger partial charge in [-0.25, -0.2) is 9.97 Å². The molecule has 0 saturated heterocycles. The third kappa shape index (κ3) is 4.54. The van der Waals surface area contributed by atoms with E-state index in [1.807, 2.05) is 12.1 Å². The van der Waals surface area contributed by atoms with Gasteiger partial charge >= 0.3 is 0 Å². The maximum atomic E-state index is 5.18. The van der Waals surface area contributed by atoms with Crippen molar-refractivity contribution >= 4 is 43.6 Å². The second-order valence-electron chi connectivity index (χ2n) is 12.7. The van der Waals surface area contributed by atoms with Crippen molar-refractivity contribution in [3.05, 3.63) is 182 Å². The van der Waals surface area contributed by atoms with Crippen molar-refractivity contribution in [2.24, 2.45) is 0 Å². The number of fused-ring (bicyclic) bond motifs is 6. The zero-order valence-corrected chi connectivity index (χ0v) is 27.1. The Morgan fingerprint density at radius 2 is 1.04 bits per heavy atom. The topological polar surface area (TPSA) is 35.6 Å². The van der Waals surface area contributed by atoms with E-state index in [-0.39, 0.29) is 0 Å². The molecule has 10 rings (SSSR count). The summed E-state index contributed by atoms with van der Waals surface area (Å²) in [5, 5.41) is 4.74. The molecule has 4 nitrogen and oxygen atoms in total.